The molecular formula is C14H23NO2. The summed E-state index contributed by atoms with van der Waals surface area (Å²) in [6.45, 7) is 4.82. The Morgan fingerprint density at radius 3 is 3.00 bits per heavy atom. The first-order chi connectivity index (χ1) is 8.28. The zero-order valence-electron chi connectivity index (χ0n) is 10.8. The number of hydrogen-bond donors (Lipinski definition) is 1. The SMILES string of the molecule is CCCC1(C(=O)C2=COCCC2)CCCNC1. The number of nitrogens with one attached hydrogen (secondary N) is 1. The summed E-state index contributed by atoms with van der Waals surface area (Å²) in [7, 11) is 0. The largest absolute Gasteiger partial charge is 0.501 e. The average molecular weight is 237 g/mol. The van der Waals surface area contributed by atoms with Gasteiger partial charge in [0.15, 0.2) is 5.78 Å². The first-order valence-corrected chi connectivity index (χ1v) is 6.85. The van der Waals surface area contributed by atoms with Crippen LogP contribution in [0, 0.1) is 5.41 Å². The summed E-state index contributed by atoms with van der Waals surface area (Å²) in [5.41, 5.74) is 0.757. The van der Waals surface area contributed by atoms with Crippen molar-refractivity contribution in [1.29, 1.82) is 0 Å². The molecule has 1 fully saturated rings. The van der Waals surface area contributed by atoms with Crippen LogP contribution in [0.5, 0.6) is 0 Å². The van der Waals surface area contributed by atoms with Crippen molar-refractivity contribution in [1.82, 2.24) is 5.32 Å². The van der Waals surface area contributed by atoms with E-state index in [9.17, 15) is 4.79 Å². The number of carbonyl (C=O) groups is 1. The van der Waals surface area contributed by atoms with Crippen LogP contribution in [0.15, 0.2) is 11.8 Å². The maximum Gasteiger partial charge on any atom is 0.169 e. The molecule has 0 aliphatic carbocycles. The molecule has 1 saturated heterocycles. The lowest BCUT2D eigenvalue weighted by Crippen LogP contribution is -2.46. The van der Waals surface area contributed by atoms with E-state index in [1.807, 2.05) is 0 Å². The maximum absolute atomic E-state index is 12.7. The molecule has 2 rings (SSSR count). The molecule has 0 aromatic heterocycles. The van der Waals surface area contributed by atoms with E-state index in [0.29, 0.717) is 5.78 Å². The van der Waals surface area contributed by atoms with Crippen molar-refractivity contribution in [2.45, 2.75) is 45.4 Å². The molecule has 1 unspecified atom stereocenters. The smallest absolute Gasteiger partial charge is 0.169 e. The van der Waals surface area contributed by atoms with Crippen molar-refractivity contribution >= 4 is 5.78 Å². The fraction of sp³-hybridized carbons (Fsp3) is 0.786. The molecule has 0 bridgehead atoms. The number of ether oxygens (including phenoxy) is 1. The molecule has 2 aliphatic rings. The van der Waals surface area contributed by atoms with Crippen molar-refractivity contribution in [2.24, 2.45) is 5.41 Å². The Labute approximate surface area is 104 Å². The van der Waals surface area contributed by atoms with E-state index < -0.39 is 0 Å². The van der Waals surface area contributed by atoms with Gasteiger partial charge >= 0.3 is 0 Å². The Hall–Kier alpha value is -0.830. The summed E-state index contributed by atoms with van der Waals surface area (Å²) in [6, 6.07) is 0. The van der Waals surface area contributed by atoms with Gasteiger partial charge in [-0.25, -0.2) is 0 Å². The highest BCUT2D eigenvalue weighted by Crippen LogP contribution is 2.36. The van der Waals surface area contributed by atoms with Crippen molar-refractivity contribution in [3.63, 3.8) is 0 Å². The standard InChI is InChI=1S/C14H23NO2/c1-2-6-14(7-4-8-15-11-14)13(16)12-5-3-9-17-10-12/h10,15H,2-9,11H2,1H3. The van der Waals surface area contributed by atoms with Crippen LogP contribution in [0.25, 0.3) is 0 Å². The lowest BCUT2D eigenvalue weighted by molar-refractivity contribution is -0.126. The first-order valence-electron chi connectivity index (χ1n) is 6.85. The van der Waals surface area contributed by atoms with Gasteiger partial charge in [0, 0.05) is 17.5 Å². The monoisotopic (exact) mass is 237 g/mol. The third-order valence-electron chi connectivity index (χ3n) is 3.91. The second-order valence-electron chi connectivity index (χ2n) is 5.26. The molecule has 3 heteroatoms. The second-order valence-corrected chi connectivity index (χ2v) is 5.26. The number of ketones is 1. The van der Waals surface area contributed by atoms with Crippen molar-refractivity contribution in [3.8, 4) is 0 Å². The van der Waals surface area contributed by atoms with Gasteiger partial charge in [-0.05, 0) is 38.6 Å². The van der Waals surface area contributed by atoms with E-state index in [-0.39, 0.29) is 5.41 Å². The normalized spacial score (nSPS) is 29.4. The summed E-state index contributed by atoms with van der Waals surface area (Å²) < 4.78 is 5.31. The molecule has 1 N–H and O–H groups in total. The number of allylic oxidation sites excluding steroid dienone is 1. The molecule has 0 saturated carbocycles. The van der Waals surface area contributed by atoms with E-state index in [0.717, 1.165) is 63.8 Å². The third kappa shape index (κ3) is 2.71. The summed E-state index contributed by atoms with van der Waals surface area (Å²) >= 11 is 0. The molecule has 0 spiro atoms. The van der Waals surface area contributed by atoms with Crippen LogP contribution in [-0.2, 0) is 9.53 Å². The Morgan fingerprint density at radius 1 is 1.53 bits per heavy atom. The van der Waals surface area contributed by atoms with E-state index in [2.05, 4.69) is 12.2 Å². The second kappa shape index (κ2) is 5.67. The molecule has 0 amide bonds. The van der Waals surface area contributed by atoms with Crippen LogP contribution in [0.4, 0.5) is 0 Å². The van der Waals surface area contributed by atoms with Gasteiger partial charge in [-0.15, -0.1) is 0 Å². The highest BCUT2D eigenvalue weighted by Gasteiger charge is 2.40. The fourth-order valence-electron chi connectivity index (χ4n) is 3.04. The lowest BCUT2D eigenvalue weighted by atomic mass is 9.71. The Balaban J connectivity index is 2.14. The molecule has 3 nitrogen and oxygen atoms in total. The number of piperidine rings is 1. The van der Waals surface area contributed by atoms with E-state index in [1.54, 1.807) is 6.26 Å². The maximum atomic E-state index is 12.7. The van der Waals surface area contributed by atoms with E-state index >= 15 is 0 Å². The van der Waals surface area contributed by atoms with Gasteiger partial charge in [-0.2, -0.15) is 0 Å². The number of rotatable bonds is 4. The van der Waals surface area contributed by atoms with Gasteiger partial charge in [0.25, 0.3) is 0 Å². The van der Waals surface area contributed by atoms with Gasteiger partial charge in [0.1, 0.15) is 0 Å². The minimum absolute atomic E-state index is 0.153. The highest BCUT2D eigenvalue weighted by atomic mass is 16.5. The summed E-state index contributed by atoms with van der Waals surface area (Å²) in [5.74, 6) is 0.339. The third-order valence-corrected chi connectivity index (χ3v) is 3.91. The van der Waals surface area contributed by atoms with Gasteiger partial charge in [0.2, 0.25) is 0 Å². The van der Waals surface area contributed by atoms with Crippen molar-refractivity contribution < 1.29 is 9.53 Å². The van der Waals surface area contributed by atoms with Crippen LogP contribution in [-0.4, -0.2) is 25.5 Å². The van der Waals surface area contributed by atoms with Crippen LogP contribution in [0.2, 0.25) is 0 Å². The quantitative estimate of drug-likeness (QED) is 0.816. The van der Waals surface area contributed by atoms with Crippen LogP contribution < -0.4 is 5.32 Å². The Bertz CT molecular complexity index is 298. The minimum Gasteiger partial charge on any atom is -0.501 e. The molecule has 1 atom stereocenters. The predicted octanol–water partition coefficient (Wildman–Crippen LogP) is 2.42. The predicted molar refractivity (Wildman–Crippen MR) is 67.7 cm³/mol. The zero-order valence-corrected chi connectivity index (χ0v) is 10.8. The van der Waals surface area contributed by atoms with Crippen LogP contribution in [0.3, 0.4) is 0 Å². The van der Waals surface area contributed by atoms with Crippen LogP contribution in [0.1, 0.15) is 45.4 Å². The molecule has 2 heterocycles. The Kier molecular flexibility index (Phi) is 4.21. The summed E-state index contributed by atoms with van der Waals surface area (Å²) in [6.07, 6.45) is 7.79. The van der Waals surface area contributed by atoms with Gasteiger partial charge in [-0.1, -0.05) is 13.3 Å². The summed E-state index contributed by atoms with van der Waals surface area (Å²) in [5, 5.41) is 3.39. The highest BCUT2D eigenvalue weighted by molar-refractivity contribution is 6.00. The molecule has 0 aromatic carbocycles. The molecule has 2 aliphatic heterocycles. The first kappa shape index (κ1) is 12.6. The van der Waals surface area contributed by atoms with Gasteiger partial charge in [-0.3, -0.25) is 4.79 Å². The number of carbonyl (C=O) groups excluding carboxylic acids is 1. The Morgan fingerprint density at radius 2 is 2.41 bits per heavy atom. The lowest BCUT2D eigenvalue weighted by Gasteiger charge is -2.37. The van der Waals surface area contributed by atoms with E-state index in [4.69, 9.17) is 4.74 Å². The molecule has 0 aromatic rings. The van der Waals surface area contributed by atoms with Crippen LogP contribution >= 0.6 is 0 Å². The van der Waals surface area contributed by atoms with Crippen molar-refractivity contribution in [3.05, 3.63) is 11.8 Å². The van der Waals surface area contributed by atoms with Gasteiger partial charge in [0.05, 0.1) is 12.9 Å². The summed E-state index contributed by atoms with van der Waals surface area (Å²) in [4.78, 5) is 12.7. The zero-order chi connectivity index (χ0) is 12.1. The van der Waals surface area contributed by atoms with Crippen molar-refractivity contribution in [2.75, 3.05) is 19.7 Å². The minimum atomic E-state index is -0.153. The average Bonchev–Trinajstić information content (AvgIpc) is 2.40. The number of Topliss-reactive ketones (excluding diaryl/α,β-unsaturated/α-hetero) is 1. The molecule has 96 valence electrons. The number of hydrogen-bond acceptors (Lipinski definition) is 3. The van der Waals surface area contributed by atoms with E-state index in [1.165, 1.54) is 0 Å². The molecular weight excluding hydrogens is 214 g/mol. The molecule has 17 heavy (non-hydrogen) atoms. The van der Waals surface area contributed by atoms with Gasteiger partial charge < -0.3 is 10.1 Å². The molecule has 0 radical (unpaired) electrons. The fourth-order valence-corrected chi connectivity index (χ4v) is 3.04. The topological polar surface area (TPSA) is 38.3 Å².